The molecule has 0 aromatic carbocycles. The van der Waals surface area contributed by atoms with Crippen molar-refractivity contribution in [2.45, 2.75) is 51.9 Å². The molecule has 7 nitrogen and oxygen atoms in total. The van der Waals surface area contributed by atoms with Gasteiger partial charge in [-0.05, 0) is 62.2 Å². The Bertz CT molecular complexity index is 822. The molecule has 1 aromatic heterocycles. The molecule has 0 spiro atoms. The molecule has 0 bridgehead atoms. The van der Waals surface area contributed by atoms with E-state index in [9.17, 15) is 8.42 Å². The van der Waals surface area contributed by atoms with E-state index in [1.807, 2.05) is 6.92 Å². The Morgan fingerprint density at radius 3 is 2.41 bits per heavy atom. The van der Waals surface area contributed by atoms with Crippen molar-refractivity contribution in [3.63, 3.8) is 0 Å². The third-order valence-corrected chi connectivity index (χ3v) is 9.57. The first-order chi connectivity index (χ1) is 15.5. The Kier molecular flexibility index (Phi) is 8.29. The molecule has 180 valence electrons. The monoisotopic (exact) mass is 484 g/mol. The summed E-state index contributed by atoms with van der Waals surface area (Å²) in [5.74, 6) is 3.85. The second kappa shape index (κ2) is 11.0. The number of hydrogen-bond acceptors (Lipinski definition) is 6. The average Bonchev–Trinajstić information content (AvgIpc) is 3.58. The van der Waals surface area contributed by atoms with Crippen LogP contribution in [0.4, 0.5) is 5.95 Å². The van der Waals surface area contributed by atoms with Crippen molar-refractivity contribution >= 4 is 27.6 Å². The van der Waals surface area contributed by atoms with Gasteiger partial charge in [-0.25, -0.2) is 22.7 Å². The summed E-state index contributed by atoms with van der Waals surface area (Å²) in [6.45, 7) is 7.00. The van der Waals surface area contributed by atoms with Gasteiger partial charge in [0.15, 0.2) is 0 Å². The molecule has 3 heterocycles. The summed E-state index contributed by atoms with van der Waals surface area (Å²) in [6.07, 6.45) is 10.5. The lowest BCUT2D eigenvalue weighted by Crippen LogP contribution is -2.40. The van der Waals surface area contributed by atoms with Gasteiger partial charge in [0.05, 0.1) is 23.2 Å². The summed E-state index contributed by atoms with van der Waals surface area (Å²) in [7, 11) is -3.06. The van der Waals surface area contributed by atoms with Gasteiger partial charge in [-0.2, -0.15) is 0 Å². The first kappa shape index (κ1) is 24.2. The van der Waals surface area contributed by atoms with E-state index < -0.39 is 10.0 Å². The molecule has 1 unspecified atom stereocenters. The zero-order valence-corrected chi connectivity index (χ0v) is 20.7. The average molecular weight is 485 g/mol. The second-order valence-electron chi connectivity index (χ2n) is 9.73. The smallest absolute Gasteiger partial charge is 0.225 e. The molecule has 2 aliphatic heterocycles. The highest BCUT2D eigenvalue weighted by Crippen LogP contribution is 2.48. The summed E-state index contributed by atoms with van der Waals surface area (Å²) in [5, 5.41) is 0.576. The van der Waals surface area contributed by atoms with Crippen molar-refractivity contribution < 1.29 is 13.2 Å². The summed E-state index contributed by atoms with van der Waals surface area (Å²) in [6, 6.07) is 0. The van der Waals surface area contributed by atoms with E-state index in [2.05, 4.69) is 14.9 Å². The van der Waals surface area contributed by atoms with Gasteiger partial charge in [0, 0.05) is 39.4 Å². The Morgan fingerprint density at radius 1 is 1.06 bits per heavy atom. The van der Waals surface area contributed by atoms with E-state index in [0.717, 1.165) is 69.8 Å². The zero-order valence-electron chi connectivity index (χ0n) is 19.2. The van der Waals surface area contributed by atoms with Crippen LogP contribution in [0.1, 0.15) is 51.9 Å². The molecule has 1 aliphatic carbocycles. The zero-order chi connectivity index (χ0) is 22.6. The molecule has 2 saturated heterocycles. The van der Waals surface area contributed by atoms with E-state index in [0.29, 0.717) is 35.7 Å². The molecule has 32 heavy (non-hydrogen) atoms. The fourth-order valence-electron chi connectivity index (χ4n) is 5.23. The largest absolute Gasteiger partial charge is 0.381 e. The second-order valence-corrected chi connectivity index (χ2v) is 12.3. The normalized spacial score (nSPS) is 25.9. The molecule has 0 amide bonds. The number of sulfonamides is 1. The van der Waals surface area contributed by atoms with Gasteiger partial charge < -0.3 is 9.64 Å². The maximum absolute atomic E-state index is 12.3. The van der Waals surface area contributed by atoms with Crippen molar-refractivity contribution in [2.24, 2.45) is 23.7 Å². The Morgan fingerprint density at radius 2 is 1.75 bits per heavy atom. The van der Waals surface area contributed by atoms with Crippen LogP contribution in [-0.4, -0.2) is 67.8 Å². The molecule has 0 radical (unpaired) electrons. The molecule has 4 rings (SSSR count). The number of piperidine rings is 2. The number of unbranched alkanes of at least 4 members (excludes halogenated alkanes) is 1. The number of hydrogen-bond donors (Lipinski definition) is 0. The number of anilines is 1. The van der Waals surface area contributed by atoms with Crippen LogP contribution in [0.15, 0.2) is 12.4 Å². The molecule has 2 atom stereocenters. The van der Waals surface area contributed by atoms with Gasteiger partial charge >= 0.3 is 0 Å². The van der Waals surface area contributed by atoms with Crippen LogP contribution in [0.25, 0.3) is 0 Å². The molecule has 1 saturated carbocycles. The van der Waals surface area contributed by atoms with Crippen molar-refractivity contribution in [3.8, 4) is 0 Å². The van der Waals surface area contributed by atoms with Crippen LogP contribution < -0.4 is 4.90 Å². The first-order valence-electron chi connectivity index (χ1n) is 12.2. The highest BCUT2D eigenvalue weighted by atomic mass is 35.5. The number of aromatic nitrogens is 2. The Labute approximate surface area is 197 Å². The lowest BCUT2D eigenvalue weighted by atomic mass is 9.91. The van der Waals surface area contributed by atoms with Gasteiger partial charge in [-0.1, -0.05) is 24.9 Å². The molecular formula is C23H37ClN4O3S. The van der Waals surface area contributed by atoms with Crippen molar-refractivity contribution in [2.75, 3.05) is 50.0 Å². The molecule has 0 N–H and O–H groups in total. The van der Waals surface area contributed by atoms with Crippen molar-refractivity contribution in [1.29, 1.82) is 0 Å². The van der Waals surface area contributed by atoms with Crippen LogP contribution in [-0.2, 0) is 14.8 Å². The van der Waals surface area contributed by atoms with E-state index in [-0.39, 0.29) is 0 Å². The molecule has 3 fully saturated rings. The molecule has 1 aromatic rings. The van der Waals surface area contributed by atoms with Crippen LogP contribution in [0.5, 0.6) is 0 Å². The van der Waals surface area contributed by atoms with Crippen molar-refractivity contribution in [1.82, 2.24) is 14.3 Å². The number of nitrogens with zero attached hydrogens (tertiary/aromatic N) is 4. The molecule has 3 aliphatic rings. The quantitative estimate of drug-likeness (QED) is 0.502. The van der Waals surface area contributed by atoms with Crippen molar-refractivity contribution in [3.05, 3.63) is 17.4 Å². The third kappa shape index (κ3) is 6.33. The predicted molar refractivity (Wildman–Crippen MR) is 127 cm³/mol. The standard InChI is InChI=1S/C23H37ClN4O3S/c1-2-3-12-32(29,30)28-10-4-18(5-11-28)16-31-17-20-13-22(20)19-6-8-27(9-7-19)23-25-14-21(24)15-26-23/h14-15,18-20,22H,2-13,16-17H2,1H3/t20?,22-/m1/s1. The number of ether oxygens (including phenoxy) is 1. The topological polar surface area (TPSA) is 75.6 Å². The predicted octanol–water partition coefficient (Wildman–Crippen LogP) is 3.84. The van der Waals surface area contributed by atoms with E-state index in [4.69, 9.17) is 16.3 Å². The first-order valence-corrected chi connectivity index (χ1v) is 14.2. The molecule has 9 heteroatoms. The summed E-state index contributed by atoms with van der Waals surface area (Å²) in [5.41, 5.74) is 0. The van der Waals surface area contributed by atoms with Gasteiger partial charge in [0.2, 0.25) is 16.0 Å². The Balaban J connectivity index is 1.10. The van der Waals surface area contributed by atoms with Crippen LogP contribution in [0, 0.1) is 23.7 Å². The highest BCUT2D eigenvalue weighted by molar-refractivity contribution is 7.89. The molecular weight excluding hydrogens is 448 g/mol. The van der Waals surface area contributed by atoms with E-state index >= 15 is 0 Å². The number of halogens is 1. The minimum Gasteiger partial charge on any atom is -0.381 e. The van der Waals surface area contributed by atoms with Gasteiger partial charge in [0.25, 0.3) is 0 Å². The summed E-state index contributed by atoms with van der Waals surface area (Å²) in [4.78, 5) is 10.9. The van der Waals surface area contributed by atoms with Crippen LogP contribution in [0.3, 0.4) is 0 Å². The van der Waals surface area contributed by atoms with Gasteiger partial charge in [-0.15, -0.1) is 0 Å². The lowest BCUT2D eigenvalue weighted by Gasteiger charge is -2.32. The fraction of sp³-hybridized carbons (Fsp3) is 0.826. The minimum atomic E-state index is -3.06. The Hall–Kier alpha value is -0.960. The summed E-state index contributed by atoms with van der Waals surface area (Å²) < 4.78 is 32.5. The lowest BCUT2D eigenvalue weighted by molar-refractivity contribution is 0.0684. The van der Waals surface area contributed by atoms with Gasteiger partial charge in [0.1, 0.15) is 0 Å². The van der Waals surface area contributed by atoms with Crippen LogP contribution >= 0.6 is 11.6 Å². The minimum absolute atomic E-state index is 0.291. The number of rotatable bonds is 10. The highest BCUT2D eigenvalue weighted by Gasteiger charge is 2.43. The summed E-state index contributed by atoms with van der Waals surface area (Å²) >= 11 is 5.89. The third-order valence-electron chi connectivity index (χ3n) is 7.42. The SMILES string of the molecule is CCCCS(=O)(=O)N1CCC(COCC2C[C@@H]2C2CCN(c3ncc(Cl)cn3)CC2)CC1. The van der Waals surface area contributed by atoms with Gasteiger partial charge in [-0.3, -0.25) is 0 Å². The maximum atomic E-state index is 12.3. The maximum Gasteiger partial charge on any atom is 0.225 e. The van der Waals surface area contributed by atoms with Crippen LogP contribution in [0.2, 0.25) is 5.02 Å². The van der Waals surface area contributed by atoms with E-state index in [1.54, 1.807) is 16.7 Å². The fourth-order valence-corrected chi connectivity index (χ4v) is 7.01. The van der Waals surface area contributed by atoms with E-state index in [1.165, 1.54) is 19.3 Å².